The highest BCUT2D eigenvalue weighted by atomic mass is 16.3. The van der Waals surface area contributed by atoms with E-state index >= 15 is 0 Å². The van der Waals surface area contributed by atoms with Gasteiger partial charge in [0.25, 0.3) is 0 Å². The average molecular weight is 456 g/mol. The second kappa shape index (κ2) is 10.00. The van der Waals surface area contributed by atoms with Crippen molar-refractivity contribution < 1.29 is 14.0 Å². The molecule has 174 valence electrons. The third-order valence-corrected chi connectivity index (χ3v) is 6.47. The minimum absolute atomic E-state index is 0.0771. The molecule has 0 fully saturated rings. The third kappa shape index (κ3) is 4.62. The number of para-hydroxylation sites is 2. The van der Waals surface area contributed by atoms with Gasteiger partial charge in [0.05, 0.1) is 24.2 Å². The predicted molar refractivity (Wildman–Crippen MR) is 133 cm³/mol. The lowest BCUT2D eigenvalue weighted by molar-refractivity contribution is -0.120. The third-order valence-electron chi connectivity index (χ3n) is 6.47. The fourth-order valence-corrected chi connectivity index (χ4v) is 4.89. The second-order valence-corrected chi connectivity index (χ2v) is 8.80. The van der Waals surface area contributed by atoms with E-state index in [2.05, 4.69) is 22.8 Å². The van der Waals surface area contributed by atoms with Crippen molar-refractivity contribution in [2.45, 2.75) is 38.1 Å². The number of rotatable bonds is 7. The van der Waals surface area contributed by atoms with Gasteiger partial charge in [0.15, 0.2) is 5.78 Å². The Labute approximate surface area is 199 Å². The summed E-state index contributed by atoms with van der Waals surface area (Å²) in [5.74, 6) is 0.695. The number of allylic oxidation sites excluding steroid dienone is 1. The van der Waals surface area contributed by atoms with Crippen LogP contribution in [0.15, 0.2) is 88.7 Å². The van der Waals surface area contributed by atoms with Gasteiger partial charge in [-0.3, -0.25) is 9.59 Å². The van der Waals surface area contributed by atoms with Gasteiger partial charge >= 0.3 is 0 Å². The summed E-state index contributed by atoms with van der Waals surface area (Å²) >= 11 is 0. The first kappa shape index (κ1) is 22.0. The van der Waals surface area contributed by atoms with E-state index in [-0.39, 0.29) is 18.2 Å². The molecule has 34 heavy (non-hydrogen) atoms. The molecule has 6 nitrogen and oxygen atoms in total. The van der Waals surface area contributed by atoms with Crippen LogP contribution in [0.5, 0.6) is 0 Å². The number of nitrogens with one attached hydrogen (secondary N) is 2. The normalized spacial score (nSPS) is 17.5. The molecule has 0 saturated carbocycles. The maximum atomic E-state index is 13.1. The summed E-state index contributed by atoms with van der Waals surface area (Å²) < 4.78 is 5.81. The number of anilines is 2. The number of carbonyl (C=O) groups excluding carboxylic acids is 2. The van der Waals surface area contributed by atoms with Crippen molar-refractivity contribution in [3.63, 3.8) is 0 Å². The number of nitrogens with zero attached hydrogens (tertiary/aromatic N) is 1. The van der Waals surface area contributed by atoms with Crippen molar-refractivity contribution in [3.8, 4) is 0 Å². The maximum Gasteiger partial charge on any atom is 0.239 e. The average Bonchev–Trinajstić information content (AvgIpc) is 3.34. The number of furan rings is 1. The van der Waals surface area contributed by atoms with Crippen LogP contribution in [0, 0.1) is 0 Å². The molecule has 3 aromatic rings. The van der Waals surface area contributed by atoms with Crippen LogP contribution in [0.25, 0.3) is 0 Å². The first-order chi connectivity index (χ1) is 16.7. The monoisotopic (exact) mass is 455 g/mol. The standard InChI is InChI=1S/C28H29N3O3/c32-24-15-6-13-22-27(24)28(25-16-8-18-34-25)31(23-14-5-4-12-21(23)30-22)19-26(33)29-17-7-11-20-9-2-1-3-10-20/h1-5,8-10,12,14,16,18,28,30H,6-7,11,13,15,17,19H2,(H,29,33)/t28-/m0/s1. The molecular formula is C28H29N3O3. The predicted octanol–water partition coefficient (Wildman–Crippen LogP) is 5.01. The van der Waals surface area contributed by atoms with E-state index in [0.717, 1.165) is 42.8 Å². The summed E-state index contributed by atoms with van der Waals surface area (Å²) in [6, 6.07) is 21.4. The van der Waals surface area contributed by atoms with Crippen LogP contribution in [0.4, 0.5) is 11.4 Å². The number of hydrogen-bond donors (Lipinski definition) is 2. The van der Waals surface area contributed by atoms with Gasteiger partial charge in [0.1, 0.15) is 11.8 Å². The van der Waals surface area contributed by atoms with Crippen molar-refractivity contribution in [1.29, 1.82) is 0 Å². The number of aryl methyl sites for hydroxylation is 1. The summed E-state index contributed by atoms with van der Waals surface area (Å²) in [5.41, 5.74) is 4.67. The molecule has 5 rings (SSSR count). The first-order valence-electron chi connectivity index (χ1n) is 11.9. The topological polar surface area (TPSA) is 74.6 Å². The molecular weight excluding hydrogens is 426 g/mol. The molecule has 0 saturated heterocycles. The maximum absolute atomic E-state index is 13.1. The Hall–Kier alpha value is -3.80. The van der Waals surface area contributed by atoms with Crippen LogP contribution in [-0.4, -0.2) is 24.8 Å². The fraction of sp³-hybridized carbons (Fsp3) is 0.286. The molecule has 2 aromatic carbocycles. The molecule has 2 N–H and O–H groups in total. The Morgan fingerprint density at radius 2 is 1.85 bits per heavy atom. The molecule has 1 aliphatic carbocycles. The van der Waals surface area contributed by atoms with Gasteiger partial charge in [0.2, 0.25) is 5.91 Å². The summed E-state index contributed by atoms with van der Waals surface area (Å²) in [4.78, 5) is 28.2. The quantitative estimate of drug-likeness (QED) is 0.490. The Morgan fingerprint density at radius 1 is 1.03 bits per heavy atom. The van der Waals surface area contributed by atoms with Crippen LogP contribution in [0.1, 0.15) is 43.0 Å². The lowest BCUT2D eigenvalue weighted by Gasteiger charge is -2.33. The summed E-state index contributed by atoms with van der Waals surface area (Å²) in [7, 11) is 0. The highest BCUT2D eigenvalue weighted by Gasteiger charge is 2.38. The van der Waals surface area contributed by atoms with Gasteiger partial charge < -0.3 is 20.0 Å². The van der Waals surface area contributed by atoms with Gasteiger partial charge in [-0.25, -0.2) is 0 Å². The van der Waals surface area contributed by atoms with Gasteiger partial charge in [-0.15, -0.1) is 0 Å². The molecule has 1 atom stereocenters. The SMILES string of the molecule is O=C(CN1c2ccccc2NC2=C(C(=O)CCC2)[C@@H]1c1ccco1)NCCCc1ccccc1. The minimum atomic E-state index is -0.455. The lowest BCUT2D eigenvalue weighted by Crippen LogP contribution is -2.41. The van der Waals surface area contributed by atoms with E-state index in [1.807, 2.05) is 59.5 Å². The molecule has 1 aliphatic heterocycles. The first-order valence-corrected chi connectivity index (χ1v) is 11.9. The highest BCUT2D eigenvalue weighted by Crippen LogP contribution is 2.44. The van der Waals surface area contributed by atoms with Gasteiger partial charge in [0, 0.05) is 24.2 Å². The number of benzene rings is 2. The number of ketones is 1. The lowest BCUT2D eigenvalue weighted by atomic mass is 9.88. The van der Waals surface area contributed by atoms with E-state index in [1.165, 1.54) is 5.56 Å². The zero-order chi connectivity index (χ0) is 23.3. The number of carbonyl (C=O) groups is 2. The van der Waals surface area contributed by atoms with Crippen LogP contribution in [0.2, 0.25) is 0 Å². The molecule has 0 bridgehead atoms. The molecule has 0 spiro atoms. The van der Waals surface area contributed by atoms with Crippen molar-refractivity contribution in [3.05, 3.63) is 95.6 Å². The van der Waals surface area contributed by atoms with E-state index in [1.54, 1.807) is 6.26 Å². The number of amides is 1. The number of Topliss-reactive ketones (excluding diaryl/α,β-unsaturated/α-hetero) is 1. The van der Waals surface area contributed by atoms with Crippen LogP contribution < -0.4 is 15.5 Å². The second-order valence-electron chi connectivity index (χ2n) is 8.80. The molecule has 6 heteroatoms. The van der Waals surface area contributed by atoms with Gasteiger partial charge in [-0.2, -0.15) is 0 Å². The molecule has 0 radical (unpaired) electrons. The van der Waals surface area contributed by atoms with Crippen LogP contribution in [0.3, 0.4) is 0 Å². The largest absolute Gasteiger partial charge is 0.467 e. The zero-order valence-corrected chi connectivity index (χ0v) is 19.1. The van der Waals surface area contributed by atoms with Crippen molar-refractivity contribution >= 4 is 23.1 Å². The summed E-state index contributed by atoms with van der Waals surface area (Å²) in [6.07, 6.45) is 5.52. The molecule has 1 amide bonds. The number of hydrogen-bond acceptors (Lipinski definition) is 5. The summed E-state index contributed by atoms with van der Waals surface area (Å²) in [5, 5.41) is 6.57. The van der Waals surface area contributed by atoms with E-state index in [4.69, 9.17) is 4.42 Å². The van der Waals surface area contributed by atoms with Crippen molar-refractivity contribution in [2.24, 2.45) is 0 Å². The van der Waals surface area contributed by atoms with Crippen LogP contribution in [-0.2, 0) is 16.0 Å². The molecule has 1 aromatic heterocycles. The zero-order valence-electron chi connectivity index (χ0n) is 19.1. The van der Waals surface area contributed by atoms with E-state index in [0.29, 0.717) is 24.3 Å². The van der Waals surface area contributed by atoms with E-state index in [9.17, 15) is 9.59 Å². The fourth-order valence-electron chi connectivity index (χ4n) is 4.89. The van der Waals surface area contributed by atoms with E-state index < -0.39 is 6.04 Å². The smallest absolute Gasteiger partial charge is 0.239 e. The van der Waals surface area contributed by atoms with Crippen molar-refractivity contribution in [1.82, 2.24) is 5.32 Å². The van der Waals surface area contributed by atoms with Crippen molar-refractivity contribution in [2.75, 3.05) is 23.3 Å². The Balaban J connectivity index is 1.39. The molecule has 0 unspecified atom stereocenters. The Morgan fingerprint density at radius 3 is 2.68 bits per heavy atom. The summed E-state index contributed by atoms with van der Waals surface area (Å²) in [6.45, 7) is 0.721. The van der Waals surface area contributed by atoms with Gasteiger partial charge in [-0.05, 0) is 55.5 Å². The molecule has 2 aliphatic rings. The van der Waals surface area contributed by atoms with Gasteiger partial charge in [-0.1, -0.05) is 42.5 Å². The Kier molecular flexibility index (Phi) is 6.47. The van der Waals surface area contributed by atoms with Crippen LogP contribution >= 0.6 is 0 Å². The molecule has 2 heterocycles. The highest BCUT2D eigenvalue weighted by molar-refractivity contribution is 6.01. The Bertz CT molecular complexity index is 1180. The number of fused-ring (bicyclic) bond motifs is 1. The minimum Gasteiger partial charge on any atom is -0.467 e.